The van der Waals surface area contributed by atoms with E-state index < -0.39 is 17.6 Å². The van der Waals surface area contributed by atoms with Crippen molar-refractivity contribution in [3.63, 3.8) is 0 Å². The number of nitrogens with two attached hydrogens (primary N) is 1. The van der Waals surface area contributed by atoms with E-state index in [1.165, 1.54) is 32.0 Å². The number of aliphatic hydroxyl groups excluding tert-OH is 1. The van der Waals surface area contributed by atoms with E-state index in [-0.39, 0.29) is 24.1 Å². The van der Waals surface area contributed by atoms with Crippen molar-refractivity contribution >= 4 is 0 Å². The van der Waals surface area contributed by atoms with Gasteiger partial charge >= 0.3 is 0 Å². The van der Waals surface area contributed by atoms with E-state index in [0.717, 1.165) is 0 Å². The lowest BCUT2D eigenvalue weighted by Gasteiger charge is -2.22. The molecule has 1 rings (SSSR count). The predicted octanol–water partition coefficient (Wildman–Crippen LogP) is 2.41. The van der Waals surface area contributed by atoms with Crippen molar-refractivity contribution < 1.29 is 13.9 Å². The maximum atomic E-state index is 13.9. The normalized spacial score (nSPS) is 13.9. The standard InChI is InChI=1S/C12H17F2NO/c1-12(2,14)11-8(10(16)6-7-15)4-3-5-9(11)13/h3-5,10,16H,6-7,15H2,1-2H3. The number of halogens is 2. The summed E-state index contributed by atoms with van der Waals surface area (Å²) in [5.41, 5.74) is 3.68. The lowest BCUT2D eigenvalue weighted by Crippen LogP contribution is -2.18. The van der Waals surface area contributed by atoms with Gasteiger partial charge < -0.3 is 10.8 Å². The molecule has 0 spiro atoms. The van der Waals surface area contributed by atoms with Crippen LogP contribution >= 0.6 is 0 Å². The van der Waals surface area contributed by atoms with Gasteiger partial charge in [0.1, 0.15) is 11.5 Å². The first kappa shape index (κ1) is 13.1. The highest BCUT2D eigenvalue weighted by molar-refractivity contribution is 5.34. The Kier molecular flexibility index (Phi) is 3.99. The topological polar surface area (TPSA) is 46.2 Å². The molecule has 1 aromatic rings. The van der Waals surface area contributed by atoms with Crippen LogP contribution in [-0.4, -0.2) is 11.7 Å². The van der Waals surface area contributed by atoms with Gasteiger partial charge in [0, 0.05) is 5.56 Å². The second kappa shape index (κ2) is 4.89. The molecule has 0 saturated heterocycles. The van der Waals surface area contributed by atoms with Gasteiger partial charge in [-0.15, -0.1) is 0 Å². The van der Waals surface area contributed by atoms with Gasteiger partial charge in [-0.25, -0.2) is 8.78 Å². The molecule has 0 aliphatic heterocycles. The van der Waals surface area contributed by atoms with Crippen molar-refractivity contribution in [2.45, 2.75) is 32.0 Å². The summed E-state index contributed by atoms with van der Waals surface area (Å²) in [5, 5.41) is 9.78. The molecule has 16 heavy (non-hydrogen) atoms. The molecule has 3 N–H and O–H groups in total. The Hall–Kier alpha value is -1.00. The van der Waals surface area contributed by atoms with Crippen molar-refractivity contribution in [1.29, 1.82) is 0 Å². The van der Waals surface area contributed by atoms with Gasteiger partial charge in [-0.2, -0.15) is 0 Å². The van der Waals surface area contributed by atoms with Crippen LogP contribution in [-0.2, 0) is 5.67 Å². The summed E-state index contributed by atoms with van der Waals surface area (Å²) >= 11 is 0. The summed E-state index contributed by atoms with van der Waals surface area (Å²) in [7, 11) is 0. The molecule has 0 saturated carbocycles. The van der Waals surface area contributed by atoms with E-state index in [1.807, 2.05) is 0 Å². The van der Waals surface area contributed by atoms with E-state index in [9.17, 15) is 13.9 Å². The Labute approximate surface area is 94.1 Å². The highest BCUT2D eigenvalue weighted by Gasteiger charge is 2.28. The third-order valence-corrected chi connectivity index (χ3v) is 2.44. The van der Waals surface area contributed by atoms with Gasteiger partial charge in [0.15, 0.2) is 0 Å². The van der Waals surface area contributed by atoms with E-state index in [2.05, 4.69) is 0 Å². The summed E-state index contributed by atoms with van der Waals surface area (Å²) in [6.07, 6.45) is -0.641. The summed E-state index contributed by atoms with van der Waals surface area (Å²) in [6.45, 7) is 2.80. The zero-order chi connectivity index (χ0) is 12.3. The minimum Gasteiger partial charge on any atom is -0.388 e. The Morgan fingerprint density at radius 3 is 2.56 bits per heavy atom. The molecule has 0 bridgehead atoms. The van der Waals surface area contributed by atoms with Gasteiger partial charge in [0.05, 0.1) is 6.10 Å². The number of hydrogen-bond donors (Lipinski definition) is 2. The molecule has 0 radical (unpaired) electrons. The van der Waals surface area contributed by atoms with Gasteiger partial charge in [0.25, 0.3) is 0 Å². The third kappa shape index (κ3) is 2.77. The van der Waals surface area contributed by atoms with E-state index >= 15 is 0 Å². The van der Waals surface area contributed by atoms with Crippen molar-refractivity contribution in [3.8, 4) is 0 Å². The Balaban J connectivity index is 3.23. The molecule has 0 amide bonds. The van der Waals surface area contributed by atoms with Crippen LogP contribution in [0.3, 0.4) is 0 Å². The average molecular weight is 229 g/mol. The smallest absolute Gasteiger partial charge is 0.133 e. The van der Waals surface area contributed by atoms with Gasteiger partial charge in [-0.3, -0.25) is 0 Å². The van der Waals surface area contributed by atoms with Crippen LogP contribution in [0.15, 0.2) is 18.2 Å². The molecule has 4 heteroatoms. The van der Waals surface area contributed by atoms with Gasteiger partial charge in [-0.1, -0.05) is 12.1 Å². The monoisotopic (exact) mass is 229 g/mol. The molecule has 0 fully saturated rings. The fraction of sp³-hybridized carbons (Fsp3) is 0.500. The lowest BCUT2D eigenvalue weighted by atomic mass is 9.90. The molecular formula is C12H17F2NO. The van der Waals surface area contributed by atoms with Gasteiger partial charge in [-0.05, 0) is 38.4 Å². The zero-order valence-corrected chi connectivity index (χ0v) is 9.50. The largest absolute Gasteiger partial charge is 0.388 e. The number of alkyl halides is 1. The second-order valence-electron chi connectivity index (χ2n) is 4.27. The first-order valence-corrected chi connectivity index (χ1v) is 5.24. The maximum Gasteiger partial charge on any atom is 0.133 e. The minimum atomic E-state index is -1.82. The Morgan fingerprint density at radius 2 is 2.06 bits per heavy atom. The van der Waals surface area contributed by atoms with Crippen LogP contribution in [0.1, 0.15) is 37.5 Å². The molecule has 1 unspecified atom stereocenters. The fourth-order valence-corrected chi connectivity index (χ4v) is 1.76. The average Bonchev–Trinajstić information content (AvgIpc) is 2.15. The van der Waals surface area contributed by atoms with Crippen molar-refractivity contribution in [2.75, 3.05) is 6.54 Å². The molecule has 90 valence electrons. The fourth-order valence-electron chi connectivity index (χ4n) is 1.76. The highest BCUT2D eigenvalue weighted by atomic mass is 19.1. The van der Waals surface area contributed by atoms with E-state index in [1.54, 1.807) is 0 Å². The molecule has 0 heterocycles. The van der Waals surface area contributed by atoms with E-state index in [4.69, 9.17) is 5.73 Å². The van der Waals surface area contributed by atoms with Crippen molar-refractivity contribution in [1.82, 2.24) is 0 Å². The minimum absolute atomic E-state index is 0.0871. The zero-order valence-electron chi connectivity index (χ0n) is 9.50. The number of rotatable bonds is 4. The highest BCUT2D eigenvalue weighted by Crippen LogP contribution is 2.34. The Morgan fingerprint density at radius 1 is 1.44 bits per heavy atom. The van der Waals surface area contributed by atoms with Crippen LogP contribution in [0, 0.1) is 5.82 Å². The van der Waals surface area contributed by atoms with Gasteiger partial charge in [0.2, 0.25) is 0 Å². The summed E-state index contributed by atoms with van der Waals surface area (Å²) < 4.78 is 27.4. The quantitative estimate of drug-likeness (QED) is 0.832. The van der Waals surface area contributed by atoms with Crippen LogP contribution in [0.25, 0.3) is 0 Å². The molecule has 2 nitrogen and oxygen atoms in total. The van der Waals surface area contributed by atoms with E-state index in [0.29, 0.717) is 0 Å². The molecule has 0 aliphatic carbocycles. The summed E-state index contributed by atoms with van der Waals surface area (Å²) in [4.78, 5) is 0. The summed E-state index contributed by atoms with van der Waals surface area (Å²) in [6, 6.07) is 4.18. The lowest BCUT2D eigenvalue weighted by molar-refractivity contribution is 0.155. The second-order valence-corrected chi connectivity index (χ2v) is 4.27. The number of hydrogen-bond acceptors (Lipinski definition) is 2. The summed E-state index contributed by atoms with van der Waals surface area (Å²) in [5.74, 6) is -0.638. The van der Waals surface area contributed by atoms with Crippen molar-refractivity contribution in [3.05, 3.63) is 35.1 Å². The number of benzene rings is 1. The SMILES string of the molecule is CC(C)(F)c1c(F)cccc1C(O)CCN. The third-order valence-electron chi connectivity index (χ3n) is 2.44. The first-order valence-electron chi connectivity index (χ1n) is 5.24. The number of aliphatic hydroxyl groups is 1. The maximum absolute atomic E-state index is 13.9. The van der Waals surface area contributed by atoms with Crippen molar-refractivity contribution in [2.24, 2.45) is 5.73 Å². The first-order chi connectivity index (χ1) is 7.38. The molecule has 1 atom stereocenters. The molecule has 1 aromatic carbocycles. The van der Waals surface area contributed by atoms with Crippen LogP contribution in [0.2, 0.25) is 0 Å². The molecule has 0 aromatic heterocycles. The molecule has 0 aliphatic rings. The van der Waals surface area contributed by atoms with Crippen LogP contribution in [0.5, 0.6) is 0 Å². The predicted molar refractivity (Wildman–Crippen MR) is 59.2 cm³/mol. The van der Waals surface area contributed by atoms with Crippen LogP contribution < -0.4 is 5.73 Å². The van der Waals surface area contributed by atoms with Crippen LogP contribution in [0.4, 0.5) is 8.78 Å². The molecular weight excluding hydrogens is 212 g/mol. The Bertz CT molecular complexity index is 361.